The van der Waals surface area contributed by atoms with E-state index >= 15 is 0 Å². The van der Waals surface area contributed by atoms with Gasteiger partial charge in [0, 0.05) is 37.8 Å². The number of piperazine rings is 1. The third-order valence-corrected chi connectivity index (χ3v) is 5.01. The Kier molecular flexibility index (Phi) is 4.68. The molecule has 18 heavy (non-hydrogen) atoms. The Morgan fingerprint density at radius 3 is 2.67 bits per heavy atom. The highest BCUT2D eigenvalue weighted by molar-refractivity contribution is 4.91. The molecule has 2 rings (SSSR count). The van der Waals surface area contributed by atoms with E-state index in [0.717, 1.165) is 18.5 Å². The van der Waals surface area contributed by atoms with Crippen molar-refractivity contribution < 1.29 is 0 Å². The molecule has 1 saturated heterocycles. The summed E-state index contributed by atoms with van der Waals surface area (Å²) in [7, 11) is 2.26. The lowest BCUT2D eigenvalue weighted by atomic mass is 9.97. The molecule has 0 aromatic carbocycles. The maximum absolute atomic E-state index is 3.68. The molecule has 3 heteroatoms. The Hall–Kier alpha value is -0.120. The fourth-order valence-electron chi connectivity index (χ4n) is 3.61. The SMILES string of the molecule is CCNC1CCCC1CN1CCN(C)C(C)(C)C1. The summed E-state index contributed by atoms with van der Waals surface area (Å²) in [4.78, 5) is 5.19. The largest absolute Gasteiger partial charge is 0.314 e. The Morgan fingerprint density at radius 2 is 2.00 bits per heavy atom. The number of nitrogens with zero attached hydrogens (tertiary/aromatic N) is 2. The van der Waals surface area contributed by atoms with Crippen molar-refractivity contribution in [2.24, 2.45) is 5.92 Å². The van der Waals surface area contributed by atoms with Crippen LogP contribution in [0.5, 0.6) is 0 Å². The van der Waals surface area contributed by atoms with Crippen LogP contribution in [0, 0.1) is 5.92 Å². The molecule has 1 heterocycles. The molecule has 1 N–H and O–H groups in total. The second kappa shape index (κ2) is 5.89. The third kappa shape index (κ3) is 3.25. The van der Waals surface area contributed by atoms with Gasteiger partial charge >= 0.3 is 0 Å². The van der Waals surface area contributed by atoms with Crippen LogP contribution < -0.4 is 5.32 Å². The molecule has 1 saturated carbocycles. The van der Waals surface area contributed by atoms with Crippen LogP contribution >= 0.6 is 0 Å². The zero-order chi connectivity index (χ0) is 13.2. The van der Waals surface area contributed by atoms with Gasteiger partial charge in [-0.05, 0) is 46.2 Å². The van der Waals surface area contributed by atoms with Crippen LogP contribution in [-0.2, 0) is 0 Å². The molecule has 0 spiro atoms. The lowest BCUT2D eigenvalue weighted by Gasteiger charge is -2.46. The fourth-order valence-corrected chi connectivity index (χ4v) is 3.61. The average Bonchev–Trinajstić information content (AvgIpc) is 2.72. The second-order valence-corrected chi connectivity index (χ2v) is 6.82. The van der Waals surface area contributed by atoms with E-state index in [1.165, 1.54) is 45.4 Å². The van der Waals surface area contributed by atoms with Gasteiger partial charge in [0.05, 0.1) is 0 Å². The van der Waals surface area contributed by atoms with Gasteiger partial charge in [-0.1, -0.05) is 13.3 Å². The first kappa shape index (κ1) is 14.3. The van der Waals surface area contributed by atoms with Gasteiger partial charge in [0.2, 0.25) is 0 Å². The van der Waals surface area contributed by atoms with Crippen molar-refractivity contribution in [3.63, 3.8) is 0 Å². The van der Waals surface area contributed by atoms with E-state index in [2.05, 4.69) is 42.9 Å². The molecular formula is C15H31N3. The molecule has 2 unspecified atom stereocenters. The van der Waals surface area contributed by atoms with E-state index in [1.807, 2.05) is 0 Å². The summed E-state index contributed by atoms with van der Waals surface area (Å²) in [5.41, 5.74) is 0.338. The maximum atomic E-state index is 3.68. The lowest BCUT2D eigenvalue weighted by molar-refractivity contribution is 0.0305. The van der Waals surface area contributed by atoms with Crippen LogP contribution in [0.25, 0.3) is 0 Å². The first-order valence-corrected chi connectivity index (χ1v) is 7.70. The topological polar surface area (TPSA) is 18.5 Å². The maximum Gasteiger partial charge on any atom is 0.0277 e. The molecule has 0 aromatic heterocycles. The van der Waals surface area contributed by atoms with Gasteiger partial charge in [-0.3, -0.25) is 9.80 Å². The van der Waals surface area contributed by atoms with E-state index in [9.17, 15) is 0 Å². The van der Waals surface area contributed by atoms with Crippen LogP contribution in [-0.4, -0.2) is 61.2 Å². The summed E-state index contributed by atoms with van der Waals surface area (Å²) in [6, 6.07) is 0.776. The molecule has 1 aliphatic carbocycles. The van der Waals surface area contributed by atoms with Crippen molar-refractivity contribution in [2.75, 3.05) is 39.8 Å². The third-order valence-electron chi connectivity index (χ3n) is 5.01. The van der Waals surface area contributed by atoms with E-state index in [-0.39, 0.29) is 0 Å². The van der Waals surface area contributed by atoms with Gasteiger partial charge in [0.15, 0.2) is 0 Å². The number of rotatable bonds is 4. The minimum atomic E-state index is 0.338. The van der Waals surface area contributed by atoms with Gasteiger partial charge in [-0.2, -0.15) is 0 Å². The van der Waals surface area contributed by atoms with Crippen LogP contribution in [0.3, 0.4) is 0 Å². The van der Waals surface area contributed by atoms with Crippen LogP contribution in [0.15, 0.2) is 0 Å². The summed E-state index contributed by atoms with van der Waals surface area (Å²) in [5, 5.41) is 3.68. The fraction of sp³-hybridized carbons (Fsp3) is 1.00. The number of likely N-dealkylation sites (N-methyl/N-ethyl adjacent to an activating group) is 1. The molecule has 0 radical (unpaired) electrons. The van der Waals surface area contributed by atoms with Crippen LogP contribution in [0.4, 0.5) is 0 Å². The highest BCUT2D eigenvalue weighted by Crippen LogP contribution is 2.28. The van der Waals surface area contributed by atoms with Crippen LogP contribution in [0.2, 0.25) is 0 Å². The van der Waals surface area contributed by atoms with Gasteiger partial charge < -0.3 is 5.32 Å². The van der Waals surface area contributed by atoms with Crippen molar-refractivity contribution in [3.05, 3.63) is 0 Å². The molecule has 2 atom stereocenters. The molecule has 3 nitrogen and oxygen atoms in total. The molecule has 0 bridgehead atoms. The van der Waals surface area contributed by atoms with Gasteiger partial charge in [-0.15, -0.1) is 0 Å². The Labute approximate surface area is 113 Å². The molecule has 0 aromatic rings. The highest BCUT2D eigenvalue weighted by atomic mass is 15.3. The van der Waals surface area contributed by atoms with Crippen LogP contribution in [0.1, 0.15) is 40.0 Å². The summed E-state index contributed by atoms with van der Waals surface area (Å²) in [5.74, 6) is 0.879. The first-order valence-electron chi connectivity index (χ1n) is 7.70. The van der Waals surface area contributed by atoms with Gasteiger partial charge in [0.1, 0.15) is 0 Å². The standard InChI is InChI=1S/C15H31N3/c1-5-16-14-8-6-7-13(14)11-18-10-9-17(4)15(2,3)12-18/h13-14,16H,5-12H2,1-4H3. The smallest absolute Gasteiger partial charge is 0.0277 e. The van der Waals surface area contributed by atoms with E-state index in [4.69, 9.17) is 0 Å². The highest BCUT2D eigenvalue weighted by Gasteiger charge is 2.34. The monoisotopic (exact) mass is 253 g/mol. The quantitative estimate of drug-likeness (QED) is 0.824. The van der Waals surface area contributed by atoms with Crippen molar-refractivity contribution >= 4 is 0 Å². The number of hydrogen-bond donors (Lipinski definition) is 1. The van der Waals surface area contributed by atoms with Gasteiger partial charge in [0.25, 0.3) is 0 Å². The molecule has 2 aliphatic rings. The minimum Gasteiger partial charge on any atom is -0.314 e. The predicted molar refractivity (Wildman–Crippen MR) is 78.0 cm³/mol. The summed E-state index contributed by atoms with van der Waals surface area (Å²) in [6.07, 6.45) is 4.22. The Morgan fingerprint density at radius 1 is 1.22 bits per heavy atom. The van der Waals surface area contributed by atoms with Crippen molar-refractivity contribution in [2.45, 2.75) is 51.6 Å². The summed E-state index contributed by atoms with van der Waals surface area (Å²) >= 11 is 0. The van der Waals surface area contributed by atoms with Gasteiger partial charge in [-0.25, -0.2) is 0 Å². The molecule has 2 fully saturated rings. The van der Waals surface area contributed by atoms with Crippen molar-refractivity contribution in [3.8, 4) is 0 Å². The molecular weight excluding hydrogens is 222 g/mol. The van der Waals surface area contributed by atoms with Crippen molar-refractivity contribution in [1.29, 1.82) is 0 Å². The summed E-state index contributed by atoms with van der Waals surface area (Å²) < 4.78 is 0. The Balaban J connectivity index is 1.86. The second-order valence-electron chi connectivity index (χ2n) is 6.82. The minimum absolute atomic E-state index is 0.338. The van der Waals surface area contributed by atoms with E-state index < -0.39 is 0 Å². The zero-order valence-electron chi connectivity index (χ0n) is 12.7. The number of nitrogens with one attached hydrogen (secondary N) is 1. The van der Waals surface area contributed by atoms with Crippen molar-refractivity contribution in [1.82, 2.24) is 15.1 Å². The summed E-state index contributed by atoms with van der Waals surface area (Å²) in [6.45, 7) is 13.1. The normalized spacial score (nSPS) is 34.0. The lowest BCUT2D eigenvalue weighted by Crippen LogP contribution is -2.58. The predicted octanol–water partition coefficient (Wildman–Crippen LogP) is 1.79. The molecule has 0 amide bonds. The first-order chi connectivity index (χ1) is 8.53. The number of hydrogen-bond acceptors (Lipinski definition) is 3. The zero-order valence-corrected chi connectivity index (χ0v) is 12.7. The Bertz CT molecular complexity index is 264. The molecule has 106 valence electrons. The van der Waals surface area contributed by atoms with E-state index in [0.29, 0.717) is 5.54 Å². The van der Waals surface area contributed by atoms with E-state index in [1.54, 1.807) is 0 Å². The average molecular weight is 253 g/mol. The molecule has 1 aliphatic heterocycles.